The van der Waals surface area contributed by atoms with E-state index in [4.69, 9.17) is 0 Å². The molecule has 0 spiro atoms. The van der Waals surface area contributed by atoms with Crippen molar-refractivity contribution in [3.63, 3.8) is 0 Å². The molecule has 1 saturated heterocycles. The molecule has 2 nitrogen and oxygen atoms in total. The van der Waals surface area contributed by atoms with E-state index in [1.165, 1.54) is 20.8 Å². The number of nitrogens with zero attached hydrogens (tertiary/aromatic N) is 1. The van der Waals surface area contributed by atoms with Crippen LogP contribution in [0.3, 0.4) is 0 Å². The Hall–Kier alpha value is -2.26. The average molecular weight is 522 g/mol. The summed E-state index contributed by atoms with van der Waals surface area (Å²) in [6.07, 6.45) is 0.825. The van der Waals surface area contributed by atoms with Crippen LogP contribution in [0.15, 0.2) is 109 Å². The zero-order chi connectivity index (χ0) is 22.0. The minimum absolute atomic E-state index is 0.159. The predicted molar refractivity (Wildman–Crippen MR) is 142 cm³/mol. The van der Waals surface area contributed by atoms with Gasteiger partial charge in [-0.3, -0.25) is 0 Å². The van der Waals surface area contributed by atoms with E-state index in [1.807, 2.05) is 23.1 Å². The number of carbonyl (C=O) groups excluding carboxylic acids is 1. The Morgan fingerprint density at radius 3 is 1.72 bits per heavy atom. The summed E-state index contributed by atoms with van der Waals surface area (Å²) in [5.74, 6) is 0.240. The van der Waals surface area contributed by atoms with Crippen LogP contribution in [-0.4, -0.2) is 23.0 Å². The number of hydrogen-bond acceptors (Lipinski definition) is 2. The molecule has 5 heteroatoms. The second kappa shape index (κ2) is 8.59. The molecule has 0 N–H and O–H groups in total. The van der Waals surface area contributed by atoms with Gasteiger partial charge in [-0.2, -0.15) is 0 Å². The predicted octanol–water partition coefficient (Wildman–Crippen LogP) is 5.69. The Morgan fingerprint density at radius 1 is 0.781 bits per heavy atom. The summed E-state index contributed by atoms with van der Waals surface area (Å²) in [6, 6.07) is 36.0. The molecule has 2 heterocycles. The van der Waals surface area contributed by atoms with Crippen molar-refractivity contribution < 1.29 is 4.79 Å². The van der Waals surface area contributed by atoms with Crippen LogP contribution in [0.4, 0.5) is 0 Å². The third-order valence-corrected chi connectivity index (χ3v) is 18.2. The standard InChI is InChI=1S/C27H25BrNOPS/c28-31(22-11-4-1-5-12-22,23-13-6-2-7-14-23,24-15-8-3-9-16-24)26-18-19-29(27(26)30)21-25-17-10-20-32-25/h1-17,20,26H,18-19,21H2. The van der Waals surface area contributed by atoms with Gasteiger partial charge in [-0.1, -0.05) is 0 Å². The van der Waals surface area contributed by atoms with Gasteiger partial charge < -0.3 is 0 Å². The van der Waals surface area contributed by atoms with E-state index >= 15 is 0 Å². The van der Waals surface area contributed by atoms with E-state index < -0.39 is 5.31 Å². The van der Waals surface area contributed by atoms with Gasteiger partial charge in [0.1, 0.15) is 0 Å². The molecule has 1 atom stereocenters. The van der Waals surface area contributed by atoms with Gasteiger partial charge in [0.15, 0.2) is 0 Å². The monoisotopic (exact) mass is 521 g/mol. The SMILES string of the molecule is O=C1C(P(Br)(c2ccccc2)(c2ccccc2)c2ccccc2)CCN1Cc1cccs1. The topological polar surface area (TPSA) is 20.3 Å². The van der Waals surface area contributed by atoms with Gasteiger partial charge in [0.05, 0.1) is 0 Å². The van der Waals surface area contributed by atoms with E-state index in [9.17, 15) is 4.79 Å². The van der Waals surface area contributed by atoms with E-state index in [-0.39, 0.29) is 11.6 Å². The first-order chi connectivity index (χ1) is 15.6. The van der Waals surface area contributed by atoms with Gasteiger partial charge in [0.2, 0.25) is 0 Å². The molecule has 1 fully saturated rings. The molecule has 0 aliphatic carbocycles. The summed E-state index contributed by atoms with van der Waals surface area (Å²) in [5, 5.41) is 2.39. The number of hydrogen-bond donors (Lipinski definition) is 0. The van der Waals surface area contributed by atoms with Gasteiger partial charge in [0, 0.05) is 0 Å². The minimum atomic E-state index is -3.30. The molecule has 162 valence electrons. The van der Waals surface area contributed by atoms with Crippen LogP contribution >= 0.6 is 32.1 Å². The Balaban J connectivity index is 1.75. The third kappa shape index (κ3) is 3.28. The third-order valence-electron chi connectivity index (χ3n) is 6.56. The molecular weight excluding hydrogens is 497 g/mol. The normalized spacial score (nSPS) is 17.8. The van der Waals surface area contributed by atoms with Crippen molar-refractivity contribution in [2.75, 3.05) is 6.54 Å². The molecule has 1 unspecified atom stereocenters. The van der Waals surface area contributed by atoms with Crippen LogP contribution in [0, 0.1) is 0 Å². The first-order valence-corrected chi connectivity index (χ1v) is 16.0. The van der Waals surface area contributed by atoms with Crippen LogP contribution < -0.4 is 15.9 Å². The first-order valence-electron chi connectivity index (χ1n) is 10.8. The van der Waals surface area contributed by atoms with E-state index in [1.54, 1.807) is 11.3 Å². The fourth-order valence-electron chi connectivity index (χ4n) is 5.07. The van der Waals surface area contributed by atoms with Gasteiger partial charge in [0.25, 0.3) is 0 Å². The summed E-state index contributed by atoms with van der Waals surface area (Å²) in [5.41, 5.74) is -0.159. The second-order valence-corrected chi connectivity index (χ2v) is 18.0. The van der Waals surface area contributed by atoms with Crippen LogP contribution in [0.25, 0.3) is 0 Å². The number of rotatable bonds is 6. The molecule has 3 aromatic carbocycles. The molecule has 32 heavy (non-hydrogen) atoms. The quantitative estimate of drug-likeness (QED) is 0.298. The number of halogens is 1. The number of carbonyl (C=O) groups is 1. The summed E-state index contributed by atoms with van der Waals surface area (Å²) < 4.78 is 0. The van der Waals surface area contributed by atoms with Crippen molar-refractivity contribution in [2.24, 2.45) is 0 Å². The van der Waals surface area contributed by atoms with Gasteiger partial charge >= 0.3 is 202 Å². The number of thiophene rings is 1. The molecule has 0 radical (unpaired) electrons. The fraction of sp³-hybridized carbons (Fsp3) is 0.148. The van der Waals surface area contributed by atoms with Crippen molar-refractivity contribution >= 4 is 54.0 Å². The molecule has 0 bridgehead atoms. The Bertz CT molecular complexity index is 1100. The van der Waals surface area contributed by atoms with Gasteiger partial charge in [-0.25, -0.2) is 0 Å². The van der Waals surface area contributed by atoms with E-state index in [2.05, 4.69) is 106 Å². The van der Waals surface area contributed by atoms with Crippen molar-refractivity contribution in [3.05, 3.63) is 113 Å². The molecule has 5 rings (SSSR count). The molecule has 0 saturated carbocycles. The van der Waals surface area contributed by atoms with Crippen LogP contribution in [-0.2, 0) is 11.3 Å². The van der Waals surface area contributed by atoms with Gasteiger partial charge in [-0.05, 0) is 0 Å². The summed E-state index contributed by atoms with van der Waals surface area (Å²) in [6.45, 7) is 1.46. The Labute approximate surface area is 201 Å². The second-order valence-electron chi connectivity index (χ2n) is 8.22. The zero-order valence-corrected chi connectivity index (χ0v) is 21.0. The number of amides is 1. The summed E-state index contributed by atoms with van der Waals surface area (Å²) in [4.78, 5) is 17.4. The molecular formula is C27H25BrNOPS. The van der Waals surface area contributed by atoms with E-state index in [0.717, 1.165) is 13.0 Å². The molecule has 1 aliphatic heterocycles. The first kappa shape index (κ1) is 21.6. The average Bonchev–Trinajstić information content (AvgIpc) is 3.51. The van der Waals surface area contributed by atoms with Gasteiger partial charge in [-0.15, -0.1) is 0 Å². The van der Waals surface area contributed by atoms with Crippen molar-refractivity contribution in [1.82, 2.24) is 4.90 Å². The van der Waals surface area contributed by atoms with Crippen LogP contribution in [0.1, 0.15) is 11.3 Å². The maximum absolute atomic E-state index is 14.1. The van der Waals surface area contributed by atoms with E-state index in [0.29, 0.717) is 6.54 Å². The summed E-state index contributed by atoms with van der Waals surface area (Å²) in [7, 11) is 0. The van der Waals surface area contributed by atoms with Crippen molar-refractivity contribution in [3.8, 4) is 0 Å². The maximum atomic E-state index is 14.1. The van der Waals surface area contributed by atoms with Crippen molar-refractivity contribution in [2.45, 2.75) is 18.6 Å². The van der Waals surface area contributed by atoms with Crippen molar-refractivity contribution in [1.29, 1.82) is 0 Å². The number of benzene rings is 3. The Morgan fingerprint density at radius 2 is 1.28 bits per heavy atom. The zero-order valence-electron chi connectivity index (χ0n) is 17.7. The summed E-state index contributed by atoms with van der Waals surface area (Å²) >= 11 is 6.19. The molecule has 1 aliphatic rings. The number of likely N-dealkylation sites (tertiary alicyclic amines) is 1. The molecule has 1 aromatic heterocycles. The Kier molecular flexibility index (Phi) is 5.79. The van der Waals surface area contributed by atoms with Crippen LogP contribution in [0.2, 0.25) is 0 Å². The molecule has 1 amide bonds. The van der Waals surface area contributed by atoms with Crippen LogP contribution in [0.5, 0.6) is 0 Å². The fourth-order valence-corrected chi connectivity index (χ4v) is 14.5. The molecule has 4 aromatic rings.